The summed E-state index contributed by atoms with van der Waals surface area (Å²) < 4.78 is 47.7. The molecule has 0 saturated heterocycles. The number of amides is 2. The highest BCUT2D eigenvalue weighted by molar-refractivity contribution is 7.92. The van der Waals surface area contributed by atoms with Crippen LogP contribution in [0.5, 0.6) is 5.75 Å². The van der Waals surface area contributed by atoms with Gasteiger partial charge in [-0.25, -0.2) is 12.8 Å². The zero-order valence-electron chi connectivity index (χ0n) is 22.9. The summed E-state index contributed by atoms with van der Waals surface area (Å²) in [5.74, 6) is -1.17. The smallest absolute Gasteiger partial charge is 0.264 e. The van der Waals surface area contributed by atoms with Gasteiger partial charge in [0.25, 0.3) is 10.0 Å². The third-order valence-corrected chi connectivity index (χ3v) is 8.56. The van der Waals surface area contributed by atoms with E-state index in [1.165, 1.54) is 47.4 Å². The molecule has 1 atom stereocenters. The number of ether oxygens (including phenoxy) is 1. The quantitative estimate of drug-likeness (QED) is 0.265. The van der Waals surface area contributed by atoms with Crippen LogP contribution in [0.3, 0.4) is 0 Å². The van der Waals surface area contributed by atoms with Crippen molar-refractivity contribution in [2.75, 3.05) is 24.0 Å². The van der Waals surface area contributed by atoms with E-state index in [2.05, 4.69) is 5.32 Å². The Morgan fingerprint density at radius 1 is 1.00 bits per heavy atom. The Balaban J connectivity index is 2.02. The van der Waals surface area contributed by atoms with Crippen molar-refractivity contribution in [3.05, 3.63) is 88.2 Å². The largest absolute Gasteiger partial charge is 0.494 e. The Morgan fingerprint density at radius 3 is 2.24 bits per heavy atom. The number of sulfonamides is 1. The third kappa shape index (κ3) is 8.34. The summed E-state index contributed by atoms with van der Waals surface area (Å²) in [4.78, 5) is 28.0. The molecule has 3 aromatic carbocycles. The van der Waals surface area contributed by atoms with E-state index >= 15 is 0 Å². The number of anilines is 1. The molecule has 220 valence electrons. The number of hydrogen-bond donors (Lipinski definition) is 1. The first kappa shape index (κ1) is 32.2. The molecular formula is C29H32Cl2FN3O5S. The Morgan fingerprint density at radius 2 is 1.66 bits per heavy atom. The van der Waals surface area contributed by atoms with Crippen LogP contribution in [-0.2, 0) is 26.2 Å². The topological polar surface area (TPSA) is 96.0 Å². The summed E-state index contributed by atoms with van der Waals surface area (Å²) in [6, 6.07) is 14.3. The van der Waals surface area contributed by atoms with Gasteiger partial charge in [0.05, 0.1) is 17.2 Å². The first-order chi connectivity index (χ1) is 19.5. The zero-order valence-corrected chi connectivity index (χ0v) is 25.3. The van der Waals surface area contributed by atoms with Gasteiger partial charge in [0.15, 0.2) is 0 Å². The van der Waals surface area contributed by atoms with E-state index in [1.807, 2.05) is 6.92 Å². The van der Waals surface area contributed by atoms with E-state index in [0.717, 1.165) is 16.4 Å². The average Bonchev–Trinajstić information content (AvgIpc) is 2.94. The van der Waals surface area contributed by atoms with Crippen molar-refractivity contribution < 1.29 is 27.1 Å². The average molecular weight is 625 g/mol. The van der Waals surface area contributed by atoms with Crippen molar-refractivity contribution in [2.45, 2.75) is 44.7 Å². The highest BCUT2D eigenvalue weighted by Crippen LogP contribution is 2.27. The molecule has 0 bridgehead atoms. The molecule has 0 aliphatic rings. The van der Waals surface area contributed by atoms with Gasteiger partial charge < -0.3 is 15.0 Å². The molecule has 1 N–H and O–H groups in total. The van der Waals surface area contributed by atoms with Crippen LogP contribution in [0.1, 0.15) is 32.8 Å². The summed E-state index contributed by atoms with van der Waals surface area (Å²) in [5, 5.41) is 3.45. The van der Waals surface area contributed by atoms with Crippen LogP contribution in [0.4, 0.5) is 10.1 Å². The highest BCUT2D eigenvalue weighted by Gasteiger charge is 2.33. The second-order valence-electron chi connectivity index (χ2n) is 9.12. The number of rotatable bonds is 13. The van der Waals surface area contributed by atoms with Crippen molar-refractivity contribution in [1.29, 1.82) is 0 Å². The van der Waals surface area contributed by atoms with Crippen LogP contribution in [-0.4, -0.2) is 50.9 Å². The zero-order chi connectivity index (χ0) is 30.2. The van der Waals surface area contributed by atoms with E-state index in [9.17, 15) is 22.4 Å². The molecule has 41 heavy (non-hydrogen) atoms. The van der Waals surface area contributed by atoms with Crippen LogP contribution >= 0.6 is 23.2 Å². The van der Waals surface area contributed by atoms with Gasteiger partial charge in [-0.15, -0.1) is 0 Å². The Labute approximate surface area is 250 Å². The van der Waals surface area contributed by atoms with Crippen LogP contribution in [0.15, 0.2) is 71.6 Å². The molecule has 3 aromatic rings. The molecule has 0 heterocycles. The lowest BCUT2D eigenvalue weighted by Crippen LogP contribution is -2.51. The van der Waals surface area contributed by atoms with E-state index in [4.69, 9.17) is 27.9 Å². The summed E-state index contributed by atoms with van der Waals surface area (Å²) in [6.45, 7) is 5.30. The van der Waals surface area contributed by atoms with Crippen LogP contribution in [0, 0.1) is 5.82 Å². The van der Waals surface area contributed by atoms with E-state index < -0.39 is 40.2 Å². The van der Waals surface area contributed by atoms with E-state index in [1.54, 1.807) is 26.0 Å². The van der Waals surface area contributed by atoms with Crippen molar-refractivity contribution in [2.24, 2.45) is 0 Å². The SMILES string of the molecule is CCCNC(=O)C(C)N(Cc1ccc(Cl)cc1Cl)C(=O)CN(c1ccc(F)cc1)S(=O)(=O)c1ccc(OCC)cc1. The maximum Gasteiger partial charge on any atom is 0.264 e. The Hall–Kier alpha value is -3.34. The number of nitrogens with zero attached hydrogens (tertiary/aromatic N) is 2. The van der Waals surface area contributed by atoms with Gasteiger partial charge in [-0.1, -0.05) is 36.2 Å². The maximum absolute atomic E-state index is 13.9. The van der Waals surface area contributed by atoms with Gasteiger partial charge in [-0.05, 0) is 86.5 Å². The monoisotopic (exact) mass is 623 g/mol. The molecule has 2 amide bonds. The highest BCUT2D eigenvalue weighted by atomic mass is 35.5. The lowest BCUT2D eigenvalue weighted by molar-refractivity contribution is -0.139. The molecular weight excluding hydrogens is 592 g/mol. The molecule has 0 aliphatic heterocycles. The Kier molecular flexibility index (Phi) is 11.4. The van der Waals surface area contributed by atoms with Crippen molar-refractivity contribution in [3.8, 4) is 5.75 Å². The number of hydrogen-bond acceptors (Lipinski definition) is 5. The lowest BCUT2D eigenvalue weighted by atomic mass is 10.1. The minimum Gasteiger partial charge on any atom is -0.494 e. The number of carbonyl (C=O) groups excluding carboxylic acids is 2. The number of benzene rings is 3. The van der Waals surface area contributed by atoms with Gasteiger partial charge in [-0.3, -0.25) is 13.9 Å². The molecule has 8 nitrogen and oxygen atoms in total. The van der Waals surface area contributed by atoms with Crippen molar-refractivity contribution >= 4 is 50.7 Å². The van der Waals surface area contributed by atoms with Gasteiger partial charge >= 0.3 is 0 Å². The second kappa shape index (κ2) is 14.5. The summed E-state index contributed by atoms with van der Waals surface area (Å²) in [6.07, 6.45) is 0.689. The van der Waals surface area contributed by atoms with Gasteiger partial charge in [0, 0.05) is 23.1 Å². The molecule has 0 saturated carbocycles. The minimum absolute atomic E-state index is 0.0706. The van der Waals surface area contributed by atoms with Crippen LogP contribution in [0.25, 0.3) is 0 Å². The Bertz CT molecular complexity index is 1450. The predicted molar refractivity (Wildman–Crippen MR) is 158 cm³/mol. The molecule has 1 unspecified atom stereocenters. The molecule has 3 rings (SSSR count). The number of carbonyl (C=O) groups is 2. The summed E-state index contributed by atoms with van der Waals surface area (Å²) in [5.41, 5.74) is 0.587. The fourth-order valence-electron chi connectivity index (χ4n) is 3.95. The van der Waals surface area contributed by atoms with Crippen LogP contribution in [0.2, 0.25) is 10.0 Å². The first-order valence-electron chi connectivity index (χ1n) is 13.0. The standard InChI is InChI=1S/C29H32Cl2FN3O5S/c1-4-16-33-29(37)20(3)34(18-21-6-7-22(30)17-27(21)31)28(36)19-35(24-10-8-23(32)9-11-24)41(38,39)26-14-12-25(13-15-26)40-5-2/h6-15,17,20H,4-5,16,18-19H2,1-3H3,(H,33,37). The van der Waals surface area contributed by atoms with Gasteiger partial charge in [-0.2, -0.15) is 0 Å². The first-order valence-corrected chi connectivity index (χ1v) is 15.2. The molecule has 0 radical (unpaired) electrons. The number of halogens is 3. The second-order valence-corrected chi connectivity index (χ2v) is 11.8. The number of nitrogens with one attached hydrogen (secondary N) is 1. The minimum atomic E-state index is -4.31. The van der Waals surface area contributed by atoms with E-state index in [-0.39, 0.29) is 22.2 Å². The van der Waals surface area contributed by atoms with Crippen molar-refractivity contribution in [1.82, 2.24) is 10.2 Å². The van der Waals surface area contributed by atoms with Crippen molar-refractivity contribution in [3.63, 3.8) is 0 Å². The van der Waals surface area contributed by atoms with E-state index in [0.29, 0.717) is 35.9 Å². The predicted octanol–water partition coefficient (Wildman–Crippen LogP) is 5.67. The molecule has 0 aliphatic carbocycles. The molecule has 0 aromatic heterocycles. The lowest BCUT2D eigenvalue weighted by Gasteiger charge is -2.32. The normalized spacial score (nSPS) is 12.0. The summed E-state index contributed by atoms with van der Waals surface area (Å²) >= 11 is 12.4. The molecule has 0 spiro atoms. The van der Waals surface area contributed by atoms with Gasteiger partial charge in [0.2, 0.25) is 11.8 Å². The maximum atomic E-state index is 13.9. The molecule has 12 heteroatoms. The fourth-order valence-corrected chi connectivity index (χ4v) is 5.83. The van der Waals surface area contributed by atoms with Crippen LogP contribution < -0.4 is 14.4 Å². The molecule has 0 fully saturated rings. The summed E-state index contributed by atoms with van der Waals surface area (Å²) in [7, 11) is -4.31. The fraction of sp³-hybridized carbons (Fsp3) is 0.310. The third-order valence-electron chi connectivity index (χ3n) is 6.19. The van der Waals surface area contributed by atoms with Gasteiger partial charge in [0.1, 0.15) is 24.2 Å².